The van der Waals surface area contributed by atoms with Crippen molar-refractivity contribution in [1.82, 2.24) is 19.9 Å². The number of aromatic nitrogens is 3. The summed E-state index contributed by atoms with van der Waals surface area (Å²) in [5.41, 5.74) is 5.25. The van der Waals surface area contributed by atoms with Crippen LogP contribution in [0.5, 0.6) is 0 Å². The molecule has 1 N–H and O–H groups in total. The molecular formula is C24H23FN4O. The summed E-state index contributed by atoms with van der Waals surface area (Å²) in [5.74, 6) is -0.440. The van der Waals surface area contributed by atoms with Gasteiger partial charge in [-0.15, -0.1) is 0 Å². The Kier molecular flexibility index (Phi) is 5.57. The van der Waals surface area contributed by atoms with Gasteiger partial charge in [0.05, 0.1) is 6.20 Å². The molecule has 4 rings (SSSR count). The van der Waals surface area contributed by atoms with Gasteiger partial charge in [0.1, 0.15) is 11.4 Å². The molecule has 0 saturated carbocycles. The summed E-state index contributed by atoms with van der Waals surface area (Å²) >= 11 is 0. The Hall–Kier alpha value is -3.54. The lowest BCUT2D eigenvalue weighted by molar-refractivity contribution is 0.0955. The molecule has 0 radical (unpaired) electrons. The monoisotopic (exact) mass is 402 g/mol. The maximum absolute atomic E-state index is 14.1. The summed E-state index contributed by atoms with van der Waals surface area (Å²) in [6.07, 6.45) is 2.72. The van der Waals surface area contributed by atoms with Gasteiger partial charge in [-0.2, -0.15) is 5.10 Å². The number of halogens is 1. The fourth-order valence-electron chi connectivity index (χ4n) is 3.62. The summed E-state index contributed by atoms with van der Waals surface area (Å²) in [4.78, 5) is 17.3. The molecule has 5 nitrogen and oxygen atoms in total. The molecule has 0 aliphatic heterocycles. The van der Waals surface area contributed by atoms with Crippen molar-refractivity contribution in [3.05, 3.63) is 100 Å². The first-order valence-electron chi connectivity index (χ1n) is 9.94. The average Bonchev–Trinajstić information content (AvgIpc) is 3.17. The van der Waals surface area contributed by atoms with Gasteiger partial charge in [-0.3, -0.25) is 4.79 Å². The molecule has 0 unspecified atom stereocenters. The van der Waals surface area contributed by atoms with Gasteiger partial charge in [-0.1, -0.05) is 48.5 Å². The van der Waals surface area contributed by atoms with Gasteiger partial charge in [-0.05, 0) is 43.0 Å². The van der Waals surface area contributed by atoms with E-state index in [1.807, 2.05) is 50.2 Å². The van der Waals surface area contributed by atoms with Crippen LogP contribution in [0, 0.1) is 19.7 Å². The smallest absolute Gasteiger partial charge is 0.256 e. The number of fused-ring (bicyclic) bond motifs is 1. The Balaban J connectivity index is 1.56. The van der Waals surface area contributed by atoms with Crippen molar-refractivity contribution < 1.29 is 9.18 Å². The van der Waals surface area contributed by atoms with Gasteiger partial charge in [-0.25, -0.2) is 13.9 Å². The fraction of sp³-hybridized carbons (Fsp3) is 0.208. The van der Waals surface area contributed by atoms with Crippen molar-refractivity contribution >= 4 is 11.6 Å². The average molecular weight is 402 g/mol. The molecule has 0 aliphatic rings. The van der Waals surface area contributed by atoms with Gasteiger partial charge in [0, 0.05) is 24.4 Å². The summed E-state index contributed by atoms with van der Waals surface area (Å²) in [6, 6.07) is 16.7. The number of hydrogen-bond donors (Lipinski definition) is 1. The van der Waals surface area contributed by atoms with E-state index >= 15 is 0 Å². The van der Waals surface area contributed by atoms with Crippen LogP contribution in [-0.2, 0) is 12.8 Å². The van der Waals surface area contributed by atoms with E-state index in [-0.39, 0.29) is 11.7 Å². The van der Waals surface area contributed by atoms with E-state index in [1.165, 1.54) is 11.6 Å². The third-order valence-corrected chi connectivity index (χ3v) is 5.32. The first kappa shape index (κ1) is 19.8. The van der Waals surface area contributed by atoms with E-state index in [9.17, 15) is 9.18 Å². The second-order valence-corrected chi connectivity index (χ2v) is 7.31. The molecule has 0 bridgehead atoms. The minimum absolute atomic E-state index is 0.200. The Labute approximate surface area is 174 Å². The van der Waals surface area contributed by atoms with Crippen molar-refractivity contribution in [1.29, 1.82) is 0 Å². The van der Waals surface area contributed by atoms with Crippen LogP contribution in [0.15, 0.2) is 60.8 Å². The molecular weight excluding hydrogens is 379 g/mol. The number of rotatable bonds is 6. The first-order chi connectivity index (χ1) is 14.5. The Morgan fingerprint density at radius 1 is 1.07 bits per heavy atom. The maximum Gasteiger partial charge on any atom is 0.256 e. The van der Waals surface area contributed by atoms with Gasteiger partial charge in [0.15, 0.2) is 5.65 Å². The topological polar surface area (TPSA) is 59.3 Å². The lowest BCUT2D eigenvalue weighted by Gasteiger charge is -2.12. The summed E-state index contributed by atoms with van der Waals surface area (Å²) in [7, 11) is 0. The van der Waals surface area contributed by atoms with Crippen LogP contribution in [0.1, 0.15) is 38.4 Å². The van der Waals surface area contributed by atoms with Gasteiger partial charge in [0.2, 0.25) is 0 Å². The molecule has 2 aromatic heterocycles. The number of hydrogen-bond acceptors (Lipinski definition) is 3. The molecule has 0 spiro atoms. The number of nitrogens with zero attached hydrogens (tertiary/aromatic N) is 3. The number of benzene rings is 2. The van der Waals surface area contributed by atoms with E-state index in [1.54, 1.807) is 22.8 Å². The highest BCUT2D eigenvalue weighted by Gasteiger charge is 2.18. The fourth-order valence-corrected chi connectivity index (χ4v) is 3.62. The lowest BCUT2D eigenvalue weighted by atomic mass is 10.0. The van der Waals surface area contributed by atoms with Crippen molar-refractivity contribution in [3.8, 4) is 0 Å². The third-order valence-electron chi connectivity index (χ3n) is 5.32. The normalized spacial score (nSPS) is 11.0. The Morgan fingerprint density at radius 2 is 1.80 bits per heavy atom. The number of nitrogens with one attached hydrogen (secondary N) is 1. The molecule has 2 heterocycles. The quantitative estimate of drug-likeness (QED) is 0.529. The minimum atomic E-state index is -0.240. The predicted octanol–water partition coefficient (Wildman–Crippen LogP) is 4.05. The van der Waals surface area contributed by atoms with E-state index in [2.05, 4.69) is 15.4 Å². The second-order valence-electron chi connectivity index (χ2n) is 7.31. The molecule has 0 fully saturated rings. The van der Waals surface area contributed by atoms with Gasteiger partial charge >= 0.3 is 0 Å². The van der Waals surface area contributed by atoms with Crippen molar-refractivity contribution in [2.75, 3.05) is 6.54 Å². The number of carbonyl (C=O) groups is 1. The summed E-state index contributed by atoms with van der Waals surface area (Å²) < 4.78 is 15.8. The van der Waals surface area contributed by atoms with Gasteiger partial charge in [0.25, 0.3) is 5.91 Å². The van der Waals surface area contributed by atoms with E-state index in [0.29, 0.717) is 29.7 Å². The van der Waals surface area contributed by atoms with Crippen molar-refractivity contribution in [3.63, 3.8) is 0 Å². The lowest BCUT2D eigenvalue weighted by Crippen LogP contribution is -2.25. The molecule has 1 amide bonds. The van der Waals surface area contributed by atoms with E-state index in [4.69, 9.17) is 0 Å². The predicted molar refractivity (Wildman–Crippen MR) is 114 cm³/mol. The second kappa shape index (κ2) is 8.45. The summed E-state index contributed by atoms with van der Waals surface area (Å²) in [6.45, 7) is 4.33. The minimum Gasteiger partial charge on any atom is -0.352 e. The zero-order valence-electron chi connectivity index (χ0n) is 17.0. The molecule has 0 aliphatic carbocycles. The van der Waals surface area contributed by atoms with Crippen LogP contribution >= 0.6 is 0 Å². The van der Waals surface area contributed by atoms with Crippen LogP contribution in [0.2, 0.25) is 0 Å². The molecule has 2 aromatic carbocycles. The Bertz CT molecular complexity index is 1200. The van der Waals surface area contributed by atoms with Crippen molar-refractivity contribution in [2.45, 2.75) is 26.7 Å². The zero-order chi connectivity index (χ0) is 21.1. The van der Waals surface area contributed by atoms with Crippen LogP contribution in [-0.4, -0.2) is 27.0 Å². The standard InChI is InChI=1S/C24H23FN4O/c1-16-20(14-19-10-6-7-11-22(19)25)17(2)29-23(28-16)21(15-27-29)24(30)26-13-12-18-8-4-3-5-9-18/h3-11,15H,12-14H2,1-2H3,(H,26,30). The highest BCUT2D eigenvalue weighted by molar-refractivity contribution is 5.99. The maximum atomic E-state index is 14.1. The van der Waals surface area contributed by atoms with Crippen molar-refractivity contribution in [2.24, 2.45) is 0 Å². The van der Waals surface area contributed by atoms with Gasteiger partial charge < -0.3 is 5.32 Å². The van der Waals surface area contributed by atoms with Crippen LogP contribution in [0.3, 0.4) is 0 Å². The highest BCUT2D eigenvalue weighted by Crippen LogP contribution is 2.21. The molecule has 152 valence electrons. The zero-order valence-corrected chi connectivity index (χ0v) is 17.0. The number of aryl methyl sites for hydroxylation is 2. The molecule has 6 heteroatoms. The molecule has 0 saturated heterocycles. The molecule has 30 heavy (non-hydrogen) atoms. The summed E-state index contributed by atoms with van der Waals surface area (Å²) in [5, 5.41) is 7.32. The highest BCUT2D eigenvalue weighted by atomic mass is 19.1. The SMILES string of the molecule is Cc1nc2c(C(=O)NCCc3ccccc3)cnn2c(C)c1Cc1ccccc1F. The number of amides is 1. The molecule has 0 atom stereocenters. The third kappa shape index (κ3) is 3.94. The van der Waals surface area contributed by atoms with E-state index in [0.717, 1.165) is 23.4 Å². The van der Waals surface area contributed by atoms with Crippen LogP contribution in [0.4, 0.5) is 4.39 Å². The van der Waals surface area contributed by atoms with Crippen LogP contribution < -0.4 is 5.32 Å². The van der Waals surface area contributed by atoms with E-state index < -0.39 is 0 Å². The van der Waals surface area contributed by atoms with Crippen LogP contribution in [0.25, 0.3) is 5.65 Å². The molecule has 4 aromatic rings. The number of carbonyl (C=O) groups excluding carboxylic acids is 1. The largest absolute Gasteiger partial charge is 0.352 e. The Morgan fingerprint density at radius 3 is 2.57 bits per heavy atom. The first-order valence-corrected chi connectivity index (χ1v) is 9.94.